The maximum atomic E-state index is 13.2. The molecule has 2 saturated carbocycles. The van der Waals surface area contributed by atoms with Crippen LogP contribution in [0.4, 0.5) is 0 Å². The fourth-order valence-corrected chi connectivity index (χ4v) is 6.42. The topological polar surface area (TPSA) is 95.5 Å². The lowest BCUT2D eigenvalue weighted by Gasteiger charge is -2.38. The number of nitrogens with zero attached hydrogens (tertiary/aromatic N) is 3. The normalized spacial score (nSPS) is 23.7. The van der Waals surface area contributed by atoms with Crippen LogP contribution >= 0.6 is 0 Å². The van der Waals surface area contributed by atoms with Crippen molar-refractivity contribution in [3.63, 3.8) is 0 Å². The van der Waals surface area contributed by atoms with Crippen molar-refractivity contribution in [1.29, 1.82) is 0 Å². The van der Waals surface area contributed by atoms with Crippen LogP contribution in [-0.2, 0) is 16.1 Å². The van der Waals surface area contributed by atoms with Gasteiger partial charge in [-0.05, 0) is 62.5 Å². The number of amides is 2. The van der Waals surface area contributed by atoms with E-state index in [1.807, 2.05) is 9.80 Å². The van der Waals surface area contributed by atoms with E-state index in [4.69, 9.17) is 0 Å². The molecular formula is C28H38N4O4. The highest BCUT2D eigenvalue weighted by atomic mass is 16.2. The Labute approximate surface area is 211 Å². The molecule has 2 aromatic rings. The molecule has 5 rings (SSSR count). The molecule has 0 unspecified atom stereocenters. The Kier molecular flexibility index (Phi) is 7.58. The lowest BCUT2D eigenvalue weighted by atomic mass is 9.81. The second-order valence-corrected chi connectivity index (χ2v) is 11.0. The molecule has 2 aliphatic carbocycles. The molecule has 36 heavy (non-hydrogen) atoms. The zero-order valence-electron chi connectivity index (χ0n) is 21.1. The van der Waals surface area contributed by atoms with Crippen molar-refractivity contribution < 1.29 is 9.59 Å². The van der Waals surface area contributed by atoms with Gasteiger partial charge in [-0.1, -0.05) is 31.4 Å². The molecule has 1 aromatic carbocycles. The number of hydrogen-bond acceptors (Lipinski definition) is 4. The Morgan fingerprint density at radius 1 is 0.806 bits per heavy atom. The van der Waals surface area contributed by atoms with Crippen LogP contribution in [0.1, 0.15) is 64.2 Å². The minimum atomic E-state index is -0.368. The Bertz CT molecular complexity index is 1200. The van der Waals surface area contributed by atoms with Crippen molar-refractivity contribution in [2.75, 3.05) is 26.2 Å². The minimum absolute atomic E-state index is 0.00245. The predicted octanol–water partition coefficient (Wildman–Crippen LogP) is 3.14. The number of benzene rings is 1. The summed E-state index contributed by atoms with van der Waals surface area (Å²) >= 11 is 0. The molecule has 8 heteroatoms. The van der Waals surface area contributed by atoms with Crippen molar-refractivity contribution >= 4 is 22.7 Å². The maximum Gasteiger partial charge on any atom is 0.328 e. The molecule has 1 N–H and O–H groups in total. The summed E-state index contributed by atoms with van der Waals surface area (Å²) < 4.78 is 1.32. The van der Waals surface area contributed by atoms with Crippen LogP contribution in [0.25, 0.3) is 10.9 Å². The number of carbonyl (C=O) groups is 2. The molecule has 0 bridgehead atoms. The summed E-state index contributed by atoms with van der Waals surface area (Å²) in [4.78, 5) is 58.0. The molecule has 1 saturated heterocycles. The molecular weight excluding hydrogens is 456 g/mol. The van der Waals surface area contributed by atoms with Crippen LogP contribution in [0, 0.1) is 17.8 Å². The molecule has 1 aromatic heterocycles. The van der Waals surface area contributed by atoms with E-state index in [0.29, 0.717) is 56.0 Å². The standard InChI is InChI=1S/C28H38N4O4/c33-25(18-20-6-2-1-3-7-20)30-14-16-31(17-15-30)26(34)22-12-10-21(11-13-22)19-32-27(35)23-8-4-5-9-24(23)29-28(32)36/h4-5,8-9,20-22H,1-3,6-7,10-19H2,(H,29,36)/t21-,22-. The Hall–Kier alpha value is -2.90. The molecule has 8 nitrogen and oxygen atoms in total. The summed E-state index contributed by atoms with van der Waals surface area (Å²) in [6.07, 6.45) is 10.0. The van der Waals surface area contributed by atoms with Crippen LogP contribution in [0.15, 0.2) is 33.9 Å². The number of carbonyl (C=O) groups excluding carboxylic acids is 2. The van der Waals surface area contributed by atoms with Gasteiger partial charge in [0.1, 0.15) is 0 Å². The second-order valence-electron chi connectivity index (χ2n) is 11.0. The highest BCUT2D eigenvalue weighted by Gasteiger charge is 2.32. The van der Waals surface area contributed by atoms with Crippen LogP contribution < -0.4 is 11.2 Å². The fraction of sp³-hybridized carbons (Fsp3) is 0.643. The van der Waals surface area contributed by atoms with E-state index in [2.05, 4.69) is 4.98 Å². The molecule has 2 heterocycles. The smallest absolute Gasteiger partial charge is 0.328 e. The SMILES string of the molecule is O=C(CC1CCCCC1)N1CCN(C(=O)[C@H]2CC[C@H](Cn3c(=O)[nH]c4ccccc4c3=O)CC2)CC1. The third kappa shape index (κ3) is 5.42. The Balaban J connectivity index is 1.10. The quantitative estimate of drug-likeness (QED) is 0.691. The number of hydrogen-bond donors (Lipinski definition) is 1. The average Bonchev–Trinajstić information content (AvgIpc) is 2.91. The summed E-state index contributed by atoms with van der Waals surface area (Å²) in [5, 5.41) is 0.525. The summed E-state index contributed by atoms with van der Waals surface area (Å²) in [7, 11) is 0. The van der Waals surface area contributed by atoms with Gasteiger partial charge in [0.2, 0.25) is 11.8 Å². The minimum Gasteiger partial charge on any atom is -0.339 e. The lowest BCUT2D eigenvalue weighted by molar-refractivity contribution is -0.143. The molecule has 0 radical (unpaired) electrons. The molecule has 194 valence electrons. The summed E-state index contributed by atoms with van der Waals surface area (Å²) in [5.74, 6) is 1.21. The zero-order chi connectivity index (χ0) is 25.1. The number of aromatic amines is 1. The van der Waals surface area contributed by atoms with Gasteiger partial charge in [-0.2, -0.15) is 0 Å². The summed E-state index contributed by atoms with van der Waals surface area (Å²) in [6, 6.07) is 7.08. The average molecular weight is 495 g/mol. The Morgan fingerprint density at radius 2 is 1.47 bits per heavy atom. The number of aromatic nitrogens is 2. The molecule has 3 fully saturated rings. The van der Waals surface area contributed by atoms with E-state index in [9.17, 15) is 19.2 Å². The van der Waals surface area contributed by atoms with Gasteiger partial charge < -0.3 is 14.8 Å². The number of H-pyrrole nitrogens is 1. The van der Waals surface area contributed by atoms with Crippen molar-refractivity contribution in [3.8, 4) is 0 Å². The van der Waals surface area contributed by atoms with Crippen molar-refractivity contribution in [2.45, 2.75) is 70.8 Å². The number of para-hydroxylation sites is 1. The summed E-state index contributed by atoms with van der Waals surface area (Å²) in [5.41, 5.74) is -0.0508. The van der Waals surface area contributed by atoms with Crippen LogP contribution in [0.5, 0.6) is 0 Å². The lowest BCUT2D eigenvalue weighted by Crippen LogP contribution is -2.52. The first-order valence-corrected chi connectivity index (χ1v) is 13.8. The van der Waals surface area contributed by atoms with Gasteiger partial charge in [-0.3, -0.25) is 19.0 Å². The zero-order valence-corrected chi connectivity index (χ0v) is 21.1. The monoisotopic (exact) mass is 494 g/mol. The second kappa shape index (κ2) is 11.0. The van der Waals surface area contributed by atoms with Gasteiger partial charge in [0.25, 0.3) is 5.56 Å². The van der Waals surface area contributed by atoms with Gasteiger partial charge in [0.05, 0.1) is 10.9 Å². The van der Waals surface area contributed by atoms with E-state index in [1.54, 1.807) is 24.3 Å². The fourth-order valence-electron chi connectivity index (χ4n) is 6.42. The number of piperazine rings is 1. The van der Waals surface area contributed by atoms with Crippen LogP contribution in [0.2, 0.25) is 0 Å². The number of fused-ring (bicyclic) bond motifs is 1. The highest BCUT2D eigenvalue weighted by molar-refractivity contribution is 5.80. The third-order valence-corrected chi connectivity index (χ3v) is 8.66. The first-order valence-electron chi connectivity index (χ1n) is 13.8. The first kappa shape index (κ1) is 24.8. The van der Waals surface area contributed by atoms with Gasteiger partial charge in [0.15, 0.2) is 0 Å². The Morgan fingerprint density at radius 3 is 2.19 bits per heavy atom. The van der Waals surface area contributed by atoms with Crippen LogP contribution in [-0.4, -0.2) is 57.3 Å². The molecule has 3 aliphatic rings. The van der Waals surface area contributed by atoms with E-state index < -0.39 is 0 Å². The largest absolute Gasteiger partial charge is 0.339 e. The molecule has 1 aliphatic heterocycles. The molecule has 0 spiro atoms. The number of rotatable bonds is 5. The van der Waals surface area contributed by atoms with Crippen LogP contribution in [0.3, 0.4) is 0 Å². The van der Waals surface area contributed by atoms with Gasteiger partial charge in [0, 0.05) is 45.1 Å². The predicted molar refractivity (Wildman–Crippen MR) is 139 cm³/mol. The van der Waals surface area contributed by atoms with Gasteiger partial charge >= 0.3 is 5.69 Å². The first-order chi connectivity index (χ1) is 17.5. The highest BCUT2D eigenvalue weighted by Crippen LogP contribution is 2.31. The van der Waals surface area contributed by atoms with Crippen molar-refractivity contribution in [2.24, 2.45) is 17.8 Å². The molecule has 0 atom stereocenters. The summed E-state index contributed by atoms with van der Waals surface area (Å²) in [6.45, 7) is 2.91. The van der Waals surface area contributed by atoms with Gasteiger partial charge in [-0.15, -0.1) is 0 Å². The third-order valence-electron chi connectivity index (χ3n) is 8.66. The van der Waals surface area contributed by atoms with E-state index >= 15 is 0 Å². The van der Waals surface area contributed by atoms with Gasteiger partial charge in [-0.25, -0.2) is 4.79 Å². The maximum absolute atomic E-state index is 13.2. The molecule has 2 amide bonds. The van der Waals surface area contributed by atoms with E-state index in [-0.39, 0.29) is 34.9 Å². The number of nitrogens with one attached hydrogen (secondary N) is 1. The van der Waals surface area contributed by atoms with Crippen molar-refractivity contribution in [1.82, 2.24) is 19.4 Å². The van der Waals surface area contributed by atoms with E-state index in [0.717, 1.165) is 25.7 Å². The van der Waals surface area contributed by atoms with Crippen molar-refractivity contribution in [3.05, 3.63) is 45.1 Å². The van der Waals surface area contributed by atoms with E-state index in [1.165, 1.54) is 36.7 Å².